The van der Waals surface area contributed by atoms with E-state index in [-0.39, 0.29) is 11.4 Å². The summed E-state index contributed by atoms with van der Waals surface area (Å²) in [6.45, 7) is 1.21. The van der Waals surface area contributed by atoms with Crippen molar-refractivity contribution in [3.63, 3.8) is 0 Å². The lowest BCUT2D eigenvalue weighted by Gasteiger charge is -2.27. The van der Waals surface area contributed by atoms with Crippen molar-refractivity contribution in [2.45, 2.75) is 0 Å². The summed E-state index contributed by atoms with van der Waals surface area (Å²) in [4.78, 5) is 27.2. The smallest absolute Gasteiger partial charge is 0.417 e. The number of ether oxygens (including phenoxy) is 2. The lowest BCUT2D eigenvalue weighted by Crippen LogP contribution is -2.34. The van der Waals surface area contributed by atoms with Crippen molar-refractivity contribution in [1.29, 1.82) is 0 Å². The highest BCUT2D eigenvalue weighted by Gasteiger charge is 2.31. The average molecular weight is 446 g/mol. The van der Waals surface area contributed by atoms with E-state index in [1.807, 2.05) is 11.0 Å². The molecule has 0 atom stereocenters. The maximum atomic E-state index is 14.8. The topological polar surface area (TPSA) is 101 Å². The third-order valence-electron chi connectivity index (χ3n) is 4.97. The summed E-state index contributed by atoms with van der Waals surface area (Å²) in [5.74, 6) is 1.92. The fraction of sp³-hybridized carbons (Fsp3) is 0.130. The number of carbonyl (C=O) groups is 1. The predicted octanol–water partition coefficient (Wildman–Crippen LogP) is 3.92. The molecule has 9 nitrogen and oxygen atoms in total. The zero-order chi connectivity index (χ0) is 22.8. The van der Waals surface area contributed by atoms with Gasteiger partial charge in [0.1, 0.15) is 11.6 Å². The van der Waals surface area contributed by atoms with Crippen LogP contribution in [0.4, 0.5) is 26.6 Å². The lowest BCUT2D eigenvalue weighted by atomic mass is 10.1. The molecule has 1 aromatic heterocycles. The van der Waals surface area contributed by atoms with Gasteiger partial charge in [-0.3, -0.25) is 10.3 Å². The standard InChI is InChI=1S/C23H19FN6O3/c1-25-22-27-13-14-11-19(21-26-9-10-30(21)20(14)29-22)33-18-8-7-15(12-17(18)24)28-23(31)32-16-5-3-2-4-6-16/h2-8,11-13H,9-10H2,1H3,(H,28,31)(H,25,27,29). The first-order valence-electron chi connectivity index (χ1n) is 10.2. The van der Waals surface area contributed by atoms with Gasteiger partial charge < -0.3 is 19.7 Å². The van der Waals surface area contributed by atoms with Gasteiger partial charge in [-0.25, -0.2) is 14.2 Å². The fourth-order valence-electron chi connectivity index (χ4n) is 3.48. The van der Waals surface area contributed by atoms with E-state index in [4.69, 9.17) is 9.47 Å². The number of fused-ring (bicyclic) bond motifs is 3. The van der Waals surface area contributed by atoms with Gasteiger partial charge in [-0.05, 0) is 30.3 Å². The van der Waals surface area contributed by atoms with Gasteiger partial charge in [0.2, 0.25) is 5.95 Å². The quantitative estimate of drug-likeness (QED) is 0.613. The summed E-state index contributed by atoms with van der Waals surface area (Å²) in [7, 11) is 1.75. The summed E-state index contributed by atoms with van der Waals surface area (Å²) in [6.07, 6.45) is 2.69. The number of aromatic nitrogens is 2. The molecular weight excluding hydrogens is 427 g/mol. The number of nitrogens with zero attached hydrogens (tertiary/aromatic N) is 4. The van der Waals surface area contributed by atoms with E-state index in [0.717, 1.165) is 17.4 Å². The van der Waals surface area contributed by atoms with E-state index in [0.29, 0.717) is 36.4 Å². The van der Waals surface area contributed by atoms with Crippen LogP contribution < -0.4 is 25.0 Å². The molecule has 3 heterocycles. The third-order valence-corrected chi connectivity index (χ3v) is 4.97. The SMILES string of the molecule is CNc1ncc2c(n1)N1CCN=C1C(Oc1ccc(NC(=O)Oc3ccccc3)cc1F)=C2. The zero-order valence-electron chi connectivity index (χ0n) is 17.6. The van der Waals surface area contributed by atoms with Crippen LogP contribution in [0.3, 0.4) is 0 Å². The highest BCUT2D eigenvalue weighted by Crippen LogP contribution is 2.33. The van der Waals surface area contributed by atoms with Gasteiger partial charge in [-0.15, -0.1) is 0 Å². The number of hydrogen-bond donors (Lipinski definition) is 2. The molecule has 0 unspecified atom stereocenters. The maximum absolute atomic E-state index is 14.8. The Labute approximate surface area is 188 Å². The van der Waals surface area contributed by atoms with E-state index in [2.05, 4.69) is 25.6 Å². The zero-order valence-corrected chi connectivity index (χ0v) is 17.6. The van der Waals surface area contributed by atoms with Crippen LogP contribution in [0.1, 0.15) is 5.56 Å². The number of anilines is 3. The van der Waals surface area contributed by atoms with Crippen LogP contribution in [0, 0.1) is 5.82 Å². The molecule has 2 aromatic carbocycles. The molecule has 0 spiro atoms. The van der Waals surface area contributed by atoms with Crippen LogP contribution >= 0.6 is 0 Å². The van der Waals surface area contributed by atoms with Crippen molar-refractivity contribution in [2.75, 3.05) is 35.7 Å². The Morgan fingerprint density at radius 1 is 1.18 bits per heavy atom. The molecular formula is C23H19FN6O3. The number of benzene rings is 2. The van der Waals surface area contributed by atoms with Crippen LogP contribution in [0.15, 0.2) is 65.5 Å². The second-order valence-electron chi connectivity index (χ2n) is 7.16. The van der Waals surface area contributed by atoms with Crippen molar-refractivity contribution < 1.29 is 18.7 Å². The second kappa shape index (κ2) is 8.58. The summed E-state index contributed by atoms with van der Waals surface area (Å²) < 4.78 is 25.8. The summed E-state index contributed by atoms with van der Waals surface area (Å²) in [5, 5.41) is 5.42. The Bertz CT molecular complexity index is 1280. The van der Waals surface area contributed by atoms with Gasteiger partial charge in [-0.1, -0.05) is 18.2 Å². The number of hydrogen-bond acceptors (Lipinski definition) is 8. The number of para-hydroxylation sites is 1. The number of rotatable bonds is 5. The molecule has 0 saturated heterocycles. The Morgan fingerprint density at radius 3 is 2.82 bits per heavy atom. The Balaban J connectivity index is 1.34. The summed E-state index contributed by atoms with van der Waals surface area (Å²) >= 11 is 0. The van der Waals surface area contributed by atoms with Crippen molar-refractivity contribution in [3.8, 4) is 11.5 Å². The molecule has 0 aliphatic carbocycles. The molecule has 10 heteroatoms. The van der Waals surface area contributed by atoms with Crippen molar-refractivity contribution in [1.82, 2.24) is 9.97 Å². The first kappa shape index (κ1) is 20.4. The normalized spacial score (nSPS) is 13.9. The van der Waals surface area contributed by atoms with E-state index >= 15 is 0 Å². The summed E-state index contributed by atoms with van der Waals surface area (Å²) in [6, 6.07) is 12.7. The van der Waals surface area contributed by atoms with Gasteiger partial charge >= 0.3 is 6.09 Å². The molecule has 2 aliphatic heterocycles. The van der Waals surface area contributed by atoms with Gasteiger partial charge in [0.25, 0.3) is 0 Å². The molecule has 1 amide bonds. The fourth-order valence-corrected chi connectivity index (χ4v) is 3.48. The van der Waals surface area contributed by atoms with Crippen LogP contribution in [-0.2, 0) is 0 Å². The highest BCUT2D eigenvalue weighted by atomic mass is 19.1. The molecule has 166 valence electrons. The Hall–Kier alpha value is -4.47. The highest BCUT2D eigenvalue weighted by molar-refractivity contribution is 6.15. The first-order valence-corrected chi connectivity index (χ1v) is 10.2. The molecule has 5 rings (SSSR count). The molecule has 0 radical (unpaired) electrons. The van der Waals surface area contributed by atoms with Crippen LogP contribution in [0.25, 0.3) is 6.08 Å². The van der Waals surface area contributed by atoms with E-state index in [1.165, 1.54) is 12.1 Å². The minimum atomic E-state index is -0.724. The maximum Gasteiger partial charge on any atom is 0.417 e. The molecule has 0 fully saturated rings. The number of carbonyl (C=O) groups excluding carboxylic acids is 1. The molecule has 0 saturated carbocycles. The van der Waals surface area contributed by atoms with Crippen LogP contribution in [0.2, 0.25) is 0 Å². The second-order valence-corrected chi connectivity index (χ2v) is 7.16. The van der Waals surface area contributed by atoms with Gasteiger partial charge in [0.15, 0.2) is 23.2 Å². The van der Waals surface area contributed by atoms with Crippen molar-refractivity contribution in [2.24, 2.45) is 4.99 Å². The number of amidine groups is 1. The van der Waals surface area contributed by atoms with Gasteiger partial charge in [0, 0.05) is 37.1 Å². The Morgan fingerprint density at radius 2 is 2.03 bits per heavy atom. The van der Waals surface area contributed by atoms with Crippen LogP contribution in [0.5, 0.6) is 11.5 Å². The monoisotopic (exact) mass is 446 g/mol. The number of nitrogens with one attached hydrogen (secondary N) is 2. The molecule has 0 bridgehead atoms. The lowest BCUT2D eigenvalue weighted by molar-refractivity contribution is 0.215. The number of halogens is 1. The molecule has 3 aromatic rings. The third kappa shape index (κ3) is 4.18. The van der Waals surface area contributed by atoms with E-state index < -0.39 is 11.9 Å². The van der Waals surface area contributed by atoms with E-state index in [1.54, 1.807) is 43.6 Å². The van der Waals surface area contributed by atoms with Gasteiger partial charge in [0.05, 0.1) is 6.54 Å². The van der Waals surface area contributed by atoms with Crippen molar-refractivity contribution >= 4 is 35.5 Å². The van der Waals surface area contributed by atoms with E-state index in [9.17, 15) is 9.18 Å². The van der Waals surface area contributed by atoms with Gasteiger partial charge in [-0.2, -0.15) is 4.98 Å². The largest absolute Gasteiger partial charge is 0.450 e. The molecule has 2 aliphatic rings. The average Bonchev–Trinajstić information content (AvgIpc) is 3.32. The molecule has 2 N–H and O–H groups in total. The van der Waals surface area contributed by atoms with Crippen molar-refractivity contribution in [3.05, 3.63) is 71.9 Å². The first-order chi connectivity index (χ1) is 16.1. The molecule has 33 heavy (non-hydrogen) atoms. The summed E-state index contributed by atoms with van der Waals surface area (Å²) in [5.41, 5.74) is 0.976. The number of amides is 1. The minimum Gasteiger partial charge on any atom is -0.450 e. The van der Waals surface area contributed by atoms with Crippen LogP contribution in [-0.4, -0.2) is 42.0 Å². The minimum absolute atomic E-state index is 0.00556. The number of aliphatic imine (C=N–C) groups is 1. The Kier molecular flexibility index (Phi) is 5.31. The predicted molar refractivity (Wildman–Crippen MR) is 122 cm³/mol.